The predicted octanol–water partition coefficient (Wildman–Crippen LogP) is 2.00. The minimum atomic E-state index is -3.56. The number of pyridine rings is 1. The molecule has 1 heterocycles. The molecule has 0 aliphatic heterocycles. The SMILES string of the molecule is CCCNc1ccc(S(=O)(=O)NC(CCC)COC)cn1. The van der Waals surface area contributed by atoms with Gasteiger partial charge in [0.15, 0.2) is 0 Å². The number of ether oxygens (including phenoxy) is 1. The van der Waals surface area contributed by atoms with Crippen LogP contribution in [0.3, 0.4) is 0 Å². The first-order valence-electron chi connectivity index (χ1n) is 7.24. The normalized spacial score (nSPS) is 13.1. The molecule has 0 saturated carbocycles. The van der Waals surface area contributed by atoms with Crippen LogP contribution < -0.4 is 10.0 Å². The Kier molecular flexibility index (Phi) is 7.63. The second kappa shape index (κ2) is 8.96. The highest BCUT2D eigenvalue weighted by molar-refractivity contribution is 7.89. The molecule has 0 spiro atoms. The zero-order valence-electron chi connectivity index (χ0n) is 12.9. The van der Waals surface area contributed by atoms with Crippen molar-refractivity contribution in [3.05, 3.63) is 18.3 Å². The van der Waals surface area contributed by atoms with Crippen LogP contribution in [0.25, 0.3) is 0 Å². The maximum absolute atomic E-state index is 12.3. The molecule has 120 valence electrons. The fraction of sp³-hybridized carbons (Fsp3) is 0.643. The van der Waals surface area contributed by atoms with Crippen LogP contribution in [0, 0.1) is 0 Å². The third-order valence-corrected chi connectivity index (χ3v) is 4.44. The van der Waals surface area contributed by atoms with Crippen molar-refractivity contribution >= 4 is 15.8 Å². The van der Waals surface area contributed by atoms with E-state index in [4.69, 9.17) is 4.74 Å². The minimum absolute atomic E-state index is 0.168. The van der Waals surface area contributed by atoms with E-state index in [2.05, 4.69) is 21.9 Å². The molecule has 0 aliphatic rings. The number of aromatic nitrogens is 1. The van der Waals surface area contributed by atoms with Crippen molar-refractivity contribution in [1.29, 1.82) is 0 Å². The van der Waals surface area contributed by atoms with Crippen molar-refractivity contribution in [2.45, 2.75) is 44.0 Å². The summed E-state index contributed by atoms with van der Waals surface area (Å²) in [5, 5.41) is 3.11. The Hall–Kier alpha value is -1.18. The summed E-state index contributed by atoms with van der Waals surface area (Å²) in [6.07, 6.45) is 3.97. The summed E-state index contributed by atoms with van der Waals surface area (Å²) in [6, 6.07) is 3.02. The highest BCUT2D eigenvalue weighted by atomic mass is 32.2. The Bertz CT molecular complexity index is 497. The number of nitrogens with zero attached hydrogens (tertiary/aromatic N) is 1. The first kappa shape index (κ1) is 17.9. The van der Waals surface area contributed by atoms with Gasteiger partial charge in [0, 0.05) is 25.9 Å². The van der Waals surface area contributed by atoms with Gasteiger partial charge in [0.2, 0.25) is 10.0 Å². The van der Waals surface area contributed by atoms with Gasteiger partial charge in [0.05, 0.1) is 6.61 Å². The number of hydrogen-bond acceptors (Lipinski definition) is 5. The monoisotopic (exact) mass is 315 g/mol. The summed E-state index contributed by atoms with van der Waals surface area (Å²) in [4.78, 5) is 4.29. The number of anilines is 1. The molecule has 6 nitrogen and oxygen atoms in total. The second-order valence-corrected chi connectivity index (χ2v) is 6.58. The summed E-state index contributed by atoms with van der Waals surface area (Å²) < 4.78 is 32.3. The molecule has 0 amide bonds. The maximum atomic E-state index is 12.3. The van der Waals surface area contributed by atoms with Gasteiger partial charge in [-0.3, -0.25) is 0 Å². The van der Waals surface area contributed by atoms with Crippen molar-refractivity contribution in [3.8, 4) is 0 Å². The van der Waals surface area contributed by atoms with Crippen molar-refractivity contribution in [2.24, 2.45) is 0 Å². The van der Waals surface area contributed by atoms with Gasteiger partial charge in [-0.1, -0.05) is 20.3 Å². The predicted molar refractivity (Wildman–Crippen MR) is 83.9 cm³/mol. The van der Waals surface area contributed by atoms with E-state index in [1.54, 1.807) is 19.2 Å². The molecule has 21 heavy (non-hydrogen) atoms. The summed E-state index contributed by atoms with van der Waals surface area (Å²) >= 11 is 0. The van der Waals surface area contributed by atoms with Gasteiger partial charge in [-0.15, -0.1) is 0 Å². The number of sulfonamides is 1. The Balaban J connectivity index is 2.76. The van der Waals surface area contributed by atoms with Crippen molar-refractivity contribution in [1.82, 2.24) is 9.71 Å². The first-order valence-corrected chi connectivity index (χ1v) is 8.73. The lowest BCUT2D eigenvalue weighted by atomic mass is 10.2. The lowest BCUT2D eigenvalue weighted by Gasteiger charge is -2.17. The molecule has 0 radical (unpaired) electrons. The van der Waals surface area contributed by atoms with Crippen LogP contribution in [0.4, 0.5) is 5.82 Å². The van der Waals surface area contributed by atoms with Crippen molar-refractivity contribution < 1.29 is 13.2 Å². The lowest BCUT2D eigenvalue weighted by molar-refractivity contribution is 0.171. The largest absolute Gasteiger partial charge is 0.383 e. The highest BCUT2D eigenvalue weighted by Gasteiger charge is 2.19. The molecule has 1 unspecified atom stereocenters. The summed E-state index contributed by atoms with van der Waals surface area (Å²) in [6.45, 7) is 5.23. The van der Waals surface area contributed by atoms with Crippen molar-refractivity contribution in [3.63, 3.8) is 0 Å². The number of nitrogens with one attached hydrogen (secondary N) is 2. The Morgan fingerprint density at radius 3 is 2.57 bits per heavy atom. The Morgan fingerprint density at radius 1 is 1.29 bits per heavy atom. The smallest absolute Gasteiger partial charge is 0.242 e. The van der Waals surface area contributed by atoms with Crippen molar-refractivity contribution in [2.75, 3.05) is 25.6 Å². The molecule has 0 aliphatic carbocycles. The summed E-state index contributed by atoms with van der Waals surface area (Å²) in [5.41, 5.74) is 0. The molecule has 0 bridgehead atoms. The average molecular weight is 315 g/mol. The zero-order valence-corrected chi connectivity index (χ0v) is 13.7. The Labute approximate surface area is 127 Å². The number of rotatable bonds is 10. The third-order valence-electron chi connectivity index (χ3n) is 2.93. The van der Waals surface area contributed by atoms with Gasteiger partial charge in [0.1, 0.15) is 10.7 Å². The van der Waals surface area contributed by atoms with E-state index in [9.17, 15) is 8.42 Å². The number of hydrogen-bond donors (Lipinski definition) is 2. The van der Waals surface area contributed by atoms with Gasteiger partial charge < -0.3 is 10.1 Å². The van der Waals surface area contributed by atoms with E-state index in [0.717, 1.165) is 25.8 Å². The first-order chi connectivity index (χ1) is 10.0. The average Bonchev–Trinajstić information content (AvgIpc) is 2.46. The van der Waals surface area contributed by atoms with E-state index in [1.165, 1.54) is 6.20 Å². The van der Waals surface area contributed by atoms with E-state index < -0.39 is 10.0 Å². The van der Waals surface area contributed by atoms with Crippen LogP contribution in [-0.2, 0) is 14.8 Å². The molecule has 1 atom stereocenters. The summed E-state index contributed by atoms with van der Waals surface area (Å²) in [5.74, 6) is 0.679. The standard InChI is InChI=1S/C14H25N3O3S/c1-4-6-12(11-20-3)17-21(18,19)13-7-8-14(16-10-13)15-9-5-2/h7-8,10,12,17H,4-6,9,11H2,1-3H3,(H,15,16). The second-order valence-electron chi connectivity index (χ2n) is 4.87. The molecule has 1 rings (SSSR count). The number of methoxy groups -OCH3 is 1. The molecule has 0 aromatic carbocycles. The lowest BCUT2D eigenvalue weighted by Crippen LogP contribution is -2.37. The zero-order chi connectivity index (χ0) is 15.7. The summed E-state index contributed by atoms with van der Waals surface area (Å²) in [7, 11) is -2.00. The van der Waals surface area contributed by atoms with Gasteiger partial charge in [0.25, 0.3) is 0 Å². The van der Waals surface area contributed by atoms with Crippen LogP contribution in [-0.4, -0.2) is 39.7 Å². The third kappa shape index (κ3) is 5.99. The van der Waals surface area contributed by atoms with Crippen LogP contribution in [0.1, 0.15) is 33.1 Å². The molecular formula is C14H25N3O3S. The topological polar surface area (TPSA) is 80.3 Å². The van der Waals surface area contributed by atoms with Gasteiger partial charge in [-0.2, -0.15) is 0 Å². The van der Waals surface area contributed by atoms with E-state index in [1.807, 2.05) is 6.92 Å². The van der Waals surface area contributed by atoms with E-state index in [-0.39, 0.29) is 10.9 Å². The maximum Gasteiger partial charge on any atom is 0.242 e. The fourth-order valence-corrected chi connectivity index (χ4v) is 3.11. The quantitative estimate of drug-likeness (QED) is 0.690. The minimum Gasteiger partial charge on any atom is -0.383 e. The Morgan fingerprint density at radius 2 is 2.05 bits per heavy atom. The van der Waals surface area contributed by atoms with Gasteiger partial charge in [-0.25, -0.2) is 18.1 Å². The molecule has 2 N–H and O–H groups in total. The van der Waals surface area contributed by atoms with Crippen LogP contribution in [0.2, 0.25) is 0 Å². The molecule has 1 aromatic heterocycles. The van der Waals surface area contributed by atoms with E-state index in [0.29, 0.717) is 12.4 Å². The molecule has 7 heteroatoms. The van der Waals surface area contributed by atoms with E-state index >= 15 is 0 Å². The molecular weight excluding hydrogens is 290 g/mol. The van der Waals surface area contributed by atoms with Crippen LogP contribution in [0.15, 0.2) is 23.2 Å². The molecule has 1 aromatic rings. The van der Waals surface area contributed by atoms with Gasteiger partial charge >= 0.3 is 0 Å². The van der Waals surface area contributed by atoms with Crippen LogP contribution in [0.5, 0.6) is 0 Å². The highest BCUT2D eigenvalue weighted by Crippen LogP contribution is 2.12. The van der Waals surface area contributed by atoms with Gasteiger partial charge in [-0.05, 0) is 25.0 Å². The van der Waals surface area contributed by atoms with Crippen LogP contribution >= 0.6 is 0 Å². The molecule has 0 fully saturated rings. The fourth-order valence-electron chi connectivity index (χ4n) is 1.91. The molecule has 0 saturated heterocycles.